The fourth-order valence-electron chi connectivity index (χ4n) is 1.69. The van der Waals surface area contributed by atoms with E-state index in [1.54, 1.807) is 18.4 Å². The van der Waals surface area contributed by atoms with Crippen LogP contribution in [0, 0.1) is 0 Å². The largest absolute Gasteiger partial charge is 0.472 e. The molecule has 0 spiro atoms. The van der Waals surface area contributed by atoms with E-state index in [0.29, 0.717) is 6.54 Å². The van der Waals surface area contributed by atoms with Crippen LogP contribution < -0.4 is 5.32 Å². The SMILES string of the molecule is FC(F)(F)c1ccccc1CNCc1ccoc1. The van der Waals surface area contributed by atoms with Gasteiger partial charge in [-0.2, -0.15) is 13.2 Å². The fourth-order valence-corrected chi connectivity index (χ4v) is 1.69. The van der Waals surface area contributed by atoms with Crippen molar-refractivity contribution in [2.24, 2.45) is 0 Å². The molecule has 96 valence electrons. The van der Waals surface area contributed by atoms with E-state index in [1.165, 1.54) is 18.4 Å². The summed E-state index contributed by atoms with van der Waals surface area (Å²) in [5.41, 5.74) is 0.553. The molecule has 1 aromatic heterocycles. The molecule has 0 bridgehead atoms. The first kappa shape index (κ1) is 12.7. The van der Waals surface area contributed by atoms with E-state index in [2.05, 4.69) is 5.32 Å². The smallest absolute Gasteiger partial charge is 0.416 e. The highest BCUT2D eigenvalue weighted by Gasteiger charge is 2.32. The lowest BCUT2D eigenvalue weighted by Gasteiger charge is -2.12. The Morgan fingerprint density at radius 2 is 1.83 bits per heavy atom. The first-order chi connectivity index (χ1) is 8.57. The fraction of sp³-hybridized carbons (Fsp3) is 0.231. The van der Waals surface area contributed by atoms with Gasteiger partial charge in [-0.1, -0.05) is 18.2 Å². The van der Waals surface area contributed by atoms with Crippen LogP contribution in [0.15, 0.2) is 47.3 Å². The van der Waals surface area contributed by atoms with Gasteiger partial charge in [-0.25, -0.2) is 0 Å². The summed E-state index contributed by atoms with van der Waals surface area (Å²) in [5.74, 6) is 0. The third-order valence-corrected chi connectivity index (χ3v) is 2.55. The molecule has 1 heterocycles. The monoisotopic (exact) mass is 255 g/mol. The average Bonchev–Trinajstić information content (AvgIpc) is 2.81. The van der Waals surface area contributed by atoms with Gasteiger partial charge in [0.05, 0.1) is 18.1 Å². The van der Waals surface area contributed by atoms with E-state index in [4.69, 9.17) is 4.42 Å². The van der Waals surface area contributed by atoms with Crippen LogP contribution in [0.25, 0.3) is 0 Å². The summed E-state index contributed by atoms with van der Waals surface area (Å²) in [6.07, 6.45) is -1.22. The molecule has 0 amide bonds. The number of benzene rings is 1. The van der Waals surface area contributed by atoms with Gasteiger partial charge < -0.3 is 9.73 Å². The molecule has 1 N–H and O–H groups in total. The van der Waals surface area contributed by atoms with Crippen LogP contribution in [0.1, 0.15) is 16.7 Å². The average molecular weight is 255 g/mol. The maximum atomic E-state index is 12.7. The summed E-state index contributed by atoms with van der Waals surface area (Å²) >= 11 is 0. The minimum Gasteiger partial charge on any atom is -0.472 e. The van der Waals surface area contributed by atoms with Gasteiger partial charge in [0.1, 0.15) is 0 Å². The molecule has 0 radical (unpaired) electrons. The van der Waals surface area contributed by atoms with E-state index in [-0.39, 0.29) is 12.1 Å². The highest BCUT2D eigenvalue weighted by Crippen LogP contribution is 2.31. The topological polar surface area (TPSA) is 25.2 Å². The number of hydrogen-bond donors (Lipinski definition) is 1. The van der Waals surface area contributed by atoms with E-state index >= 15 is 0 Å². The Kier molecular flexibility index (Phi) is 3.72. The second-order valence-corrected chi connectivity index (χ2v) is 3.89. The van der Waals surface area contributed by atoms with Gasteiger partial charge in [0.25, 0.3) is 0 Å². The maximum Gasteiger partial charge on any atom is 0.416 e. The molecule has 18 heavy (non-hydrogen) atoms. The number of hydrogen-bond acceptors (Lipinski definition) is 2. The first-order valence-electron chi connectivity index (χ1n) is 5.44. The van der Waals surface area contributed by atoms with Crippen LogP contribution in [0.4, 0.5) is 13.2 Å². The minimum absolute atomic E-state index is 0.168. The quantitative estimate of drug-likeness (QED) is 0.903. The van der Waals surface area contributed by atoms with Crippen LogP contribution in [-0.2, 0) is 19.3 Å². The Bertz CT molecular complexity index is 491. The van der Waals surface area contributed by atoms with Gasteiger partial charge >= 0.3 is 6.18 Å². The minimum atomic E-state index is -4.31. The number of halogens is 3. The maximum absolute atomic E-state index is 12.7. The Balaban J connectivity index is 2.01. The predicted octanol–water partition coefficient (Wildman–Crippen LogP) is 3.59. The number of rotatable bonds is 4. The lowest BCUT2D eigenvalue weighted by Crippen LogP contribution is -2.17. The summed E-state index contributed by atoms with van der Waals surface area (Å²) in [7, 11) is 0. The molecule has 1 aromatic carbocycles. The lowest BCUT2D eigenvalue weighted by molar-refractivity contribution is -0.138. The van der Waals surface area contributed by atoms with Gasteiger partial charge in [0.15, 0.2) is 0 Å². The van der Waals surface area contributed by atoms with Crippen molar-refractivity contribution < 1.29 is 17.6 Å². The molecule has 0 aliphatic carbocycles. The molecule has 2 rings (SSSR count). The van der Waals surface area contributed by atoms with Gasteiger partial charge in [0, 0.05) is 18.7 Å². The molecular weight excluding hydrogens is 243 g/mol. The third-order valence-electron chi connectivity index (χ3n) is 2.55. The molecule has 0 atom stereocenters. The molecule has 0 saturated heterocycles. The molecule has 0 fully saturated rings. The van der Waals surface area contributed by atoms with Crippen molar-refractivity contribution in [3.05, 3.63) is 59.5 Å². The van der Waals surface area contributed by atoms with Gasteiger partial charge in [-0.3, -0.25) is 0 Å². The zero-order valence-corrected chi connectivity index (χ0v) is 9.50. The summed E-state index contributed by atoms with van der Waals surface area (Å²) in [6, 6.07) is 7.33. The highest BCUT2D eigenvalue weighted by molar-refractivity contribution is 5.29. The third kappa shape index (κ3) is 3.13. The van der Waals surface area contributed by atoms with Gasteiger partial charge in [-0.15, -0.1) is 0 Å². The first-order valence-corrected chi connectivity index (χ1v) is 5.44. The van der Waals surface area contributed by atoms with Crippen molar-refractivity contribution in [3.8, 4) is 0 Å². The van der Waals surface area contributed by atoms with E-state index in [9.17, 15) is 13.2 Å². The van der Waals surface area contributed by atoms with Crippen LogP contribution >= 0.6 is 0 Å². The van der Waals surface area contributed by atoms with Crippen molar-refractivity contribution >= 4 is 0 Å². The van der Waals surface area contributed by atoms with Gasteiger partial charge in [-0.05, 0) is 17.7 Å². The second-order valence-electron chi connectivity index (χ2n) is 3.89. The van der Waals surface area contributed by atoms with Gasteiger partial charge in [0.2, 0.25) is 0 Å². The predicted molar refractivity (Wildman–Crippen MR) is 60.7 cm³/mol. The summed E-state index contributed by atoms with van der Waals surface area (Å²) < 4.78 is 43.0. The molecule has 2 nitrogen and oxygen atoms in total. The summed E-state index contributed by atoms with van der Waals surface area (Å²) in [6.45, 7) is 0.642. The zero-order chi connectivity index (χ0) is 13.0. The molecule has 0 unspecified atom stereocenters. The van der Waals surface area contributed by atoms with Crippen molar-refractivity contribution in [3.63, 3.8) is 0 Å². The molecule has 0 saturated carbocycles. The Hall–Kier alpha value is -1.75. The number of nitrogens with one attached hydrogen (secondary N) is 1. The molecular formula is C13H12F3NO. The van der Waals surface area contributed by atoms with Crippen molar-refractivity contribution in [1.82, 2.24) is 5.32 Å². The standard InChI is InChI=1S/C13H12F3NO/c14-13(15,16)12-4-2-1-3-11(12)8-17-7-10-5-6-18-9-10/h1-6,9,17H,7-8H2. The van der Waals surface area contributed by atoms with Crippen LogP contribution in [0.2, 0.25) is 0 Å². The Morgan fingerprint density at radius 3 is 2.50 bits per heavy atom. The zero-order valence-electron chi connectivity index (χ0n) is 9.50. The summed E-state index contributed by atoms with van der Waals surface area (Å²) in [5, 5.41) is 2.96. The normalized spacial score (nSPS) is 11.7. The Morgan fingerprint density at radius 1 is 1.06 bits per heavy atom. The highest BCUT2D eigenvalue weighted by atomic mass is 19.4. The molecule has 5 heteroatoms. The van der Waals surface area contributed by atoms with Crippen molar-refractivity contribution in [2.45, 2.75) is 19.3 Å². The van der Waals surface area contributed by atoms with E-state index in [0.717, 1.165) is 11.6 Å². The Labute approximate surface area is 102 Å². The lowest BCUT2D eigenvalue weighted by atomic mass is 10.1. The van der Waals surface area contributed by atoms with Crippen LogP contribution in [0.5, 0.6) is 0 Å². The number of furan rings is 1. The van der Waals surface area contributed by atoms with E-state index in [1.807, 2.05) is 0 Å². The van der Waals surface area contributed by atoms with Crippen LogP contribution in [0.3, 0.4) is 0 Å². The number of alkyl halides is 3. The van der Waals surface area contributed by atoms with E-state index < -0.39 is 11.7 Å². The molecule has 0 aliphatic rings. The van der Waals surface area contributed by atoms with Crippen molar-refractivity contribution in [2.75, 3.05) is 0 Å². The second kappa shape index (κ2) is 5.27. The molecule has 0 aliphatic heterocycles. The summed E-state index contributed by atoms with van der Waals surface area (Å²) in [4.78, 5) is 0. The molecule has 2 aromatic rings. The van der Waals surface area contributed by atoms with Crippen molar-refractivity contribution in [1.29, 1.82) is 0 Å². The van der Waals surface area contributed by atoms with Crippen LogP contribution in [-0.4, -0.2) is 0 Å².